The molecule has 0 spiro atoms. The van der Waals surface area contributed by atoms with Gasteiger partial charge in [-0.3, -0.25) is 9.69 Å². The number of benzene rings is 3. The molecule has 2 fully saturated rings. The maximum atomic E-state index is 14.2. The molecule has 38 heavy (non-hydrogen) atoms. The molecular weight excluding hydrogens is 529 g/mol. The first-order valence-electron chi connectivity index (χ1n) is 12.8. The summed E-state index contributed by atoms with van der Waals surface area (Å²) in [5.74, 6) is -1.05. The molecule has 1 amide bonds. The Labute approximate surface area is 231 Å². The van der Waals surface area contributed by atoms with Crippen molar-refractivity contribution in [3.8, 4) is 0 Å². The highest BCUT2D eigenvalue weighted by Gasteiger charge is 2.39. The molecule has 0 aliphatic carbocycles. The van der Waals surface area contributed by atoms with Gasteiger partial charge in [0.05, 0.1) is 6.04 Å². The molecule has 1 N–H and O–H groups in total. The summed E-state index contributed by atoms with van der Waals surface area (Å²) in [5, 5.41) is 4.57. The van der Waals surface area contributed by atoms with Crippen LogP contribution in [0.1, 0.15) is 17.5 Å². The SMILES string of the molecule is O=C([C@@H]1C[C@H](NCc2ccc(F)cc2F)CN1Cc1ccccc1)N1CCN(c2cc(Cl)cc(Cl)c2)CC1. The highest BCUT2D eigenvalue weighted by atomic mass is 35.5. The largest absolute Gasteiger partial charge is 0.368 e. The molecule has 2 atom stereocenters. The third-order valence-electron chi connectivity index (χ3n) is 7.32. The smallest absolute Gasteiger partial charge is 0.240 e. The van der Waals surface area contributed by atoms with E-state index < -0.39 is 11.6 Å². The molecule has 200 valence electrons. The third kappa shape index (κ3) is 6.46. The van der Waals surface area contributed by atoms with Crippen LogP contribution in [0.25, 0.3) is 0 Å². The van der Waals surface area contributed by atoms with Gasteiger partial charge in [-0.15, -0.1) is 0 Å². The number of likely N-dealkylation sites (tertiary alicyclic amines) is 1. The summed E-state index contributed by atoms with van der Waals surface area (Å²) in [6, 6.07) is 18.9. The number of anilines is 1. The Morgan fingerprint density at radius 3 is 2.32 bits per heavy atom. The van der Waals surface area contributed by atoms with E-state index in [1.807, 2.05) is 35.2 Å². The number of carbonyl (C=O) groups excluding carboxylic acids is 1. The molecular formula is C29H30Cl2F2N4O. The van der Waals surface area contributed by atoms with Gasteiger partial charge in [0.1, 0.15) is 11.6 Å². The van der Waals surface area contributed by atoms with Crippen molar-refractivity contribution in [2.45, 2.75) is 31.6 Å². The van der Waals surface area contributed by atoms with Crippen LogP contribution in [-0.4, -0.2) is 60.5 Å². The van der Waals surface area contributed by atoms with Crippen molar-refractivity contribution in [1.29, 1.82) is 0 Å². The Balaban J connectivity index is 1.25. The molecule has 0 unspecified atom stereocenters. The number of nitrogens with zero attached hydrogens (tertiary/aromatic N) is 3. The van der Waals surface area contributed by atoms with Gasteiger partial charge in [-0.05, 0) is 36.2 Å². The van der Waals surface area contributed by atoms with Crippen LogP contribution in [0.5, 0.6) is 0 Å². The number of hydrogen-bond donors (Lipinski definition) is 1. The van der Waals surface area contributed by atoms with Gasteiger partial charge >= 0.3 is 0 Å². The van der Waals surface area contributed by atoms with Crippen molar-refractivity contribution in [3.63, 3.8) is 0 Å². The van der Waals surface area contributed by atoms with Crippen LogP contribution >= 0.6 is 23.2 Å². The standard InChI is InChI=1S/C29H30Cl2F2N4O/c30-22-12-23(31)14-26(13-22)35-8-10-36(11-9-35)29(38)28-16-25(19-37(28)18-20-4-2-1-3-5-20)34-17-21-6-7-24(32)15-27(21)33/h1-7,12-15,25,28,34H,8-11,16-19H2/t25-,28-/m0/s1. The van der Waals surface area contributed by atoms with Crippen molar-refractivity contribution in [1.82, 2.24) is 15.1 Å². The van der Waals surface area contributed by atoms with E-state index in [4.69, 9.17) is 23.2 Å². The van der Waals surface area contributed by atoms with Crippen LogP contribution in [0, 0.1) is 11.6 Å². The molecule has 0 saturated carbocycles. The van der Waals surface area contributed by atoms with E-state index in [-0.39, 0.29) is 24.5 Å². The Bertz CT molecular complexity index is 1250. The van der Waals surface area contributed by atoms with Gasteiger partial charge < -0.3 is 15.1 Å². The van der Waals surface area contributed by atoms with E-state index in [9.17, 15) is 13.6 Å². The van der Waals surface area contributed by atoms with E-state index in [1.165, 1.54) is 12.1 Å². The minimum absolute atomic E-state index is 0.00649. The lowest BCUT2D eigenvalue weighted by Gasteiger charge is -2.38. The quantitative estimate of drug-likeness (QED) is 0.424. The van der Waals surface area contributed by atoms with Crippen LogP contribution < -0.4 is 10.2 Å². The Kier molecular flexibility index (Phi) is 8.48. The zero-order chi connectivity index (χ0) is 26.6. The van der Waals surface area contributed by atoms with Crippen molar-refractivity contribution in [2.75, 3.05) is 37.6 Å². The van der Waals surface area contributed by atoms with Gasteiger partial charge in [-0.1, -0.05) is 59.6 Å². The number of amides is 1. The number of rotatable bonds is 7. The lowest BCUT2D eigenvalue weighted by molar-refractivity contribution is -0.136. The zero-order valence-electron chi connectivity index (χ0n) is 20.9. The van der Waals surface area contributed by atoms with Gasteiger partial charge in [-0.25, -0.2) is 8.78 Å². The Morgan fingerprint density at radius 2 is 1.63 bits per heavy atom. The monoisotopic (exact) mass is 558 g/mol. The van der Waals surface area contributed by atoms with Crippen molar-refractivity contribution >= 4 is 34.8 Å². The molecule has 2 aliphatic rings. The second-order valence-electron chi connectivity index (χ2n) is 9.92. The summed E-state index contributed by atoms with van der Waals surface area (Å²) in [4.78, 5) is 20.1. The Hall–Kier alpha value is -2.71. The predicted molar refractivity (Wildman–Crippen MR) is 147 cm³/mol. The number of hydrogen-bond acceptors (Lipinski definition) is 4. The van der Waals surface area contributed by atoms with Crippen LogP contribution in [0.3, 0.4) is 0 Å². The normalized spacial score (nSPS) is 20.2. The molecule has 3 aromatic carbocycles. The summed E-state index contributed by atoms with van der Waals surface area (Å²) in [6.07, 6.45) is 0.624. The minimum Gasteiger partial charge on any atom is -0.368 e. The lowest BCUT2D eigenvalue weighted by atomic mass is 10.1. The fraction of sp³-hybridized carbons (Fsp3) is 0.345. The van der Waals surface area contributed by atoms with Crippen molar-refractivity contribution < 1.29 is 13.6 Å². The summed E-state index contributed by atoms with van der Waals surface area (Å²) in [7, 11) is 0. The van der Waals surface area contributed by atoms with E-state index in [2.05, 4.69) is 27.2 Å². The Morgan fingerprint density at radius 1 is 0.921 bits per heavy atom. The van der Waals surface area contributed by atoms with Gasteiger partial charge in [0.2, 0.25) is 5.91 Å². The topological polar surface area (TPSA) is 38.8 Å². The number of piperazine rings is 1. The second kappa shape index (κ2) is 12.0. The summed E-state index contributed by atoms with van der Waals surface area (Å²) < 4.78 is 27.5. The third-order valence-corrected chi connectivity index (χ3v) is 7.75. The zero-order valence-corrected chi connectivity index (χ0v) is 22.4. The summed E-state index contributed by atoms with van der Waals surface area (Å²) in [6.45, 7) is 4.20. The number of halogens is 4. The molecule has 0 radical (unpaired) electrons. The molecule has 0 bridgehead atoms. The molecule has 9 heteroatoms. The van der Waals surface area contributed by atoms with Gasteiger partial charge in [0, 0.05) is 79.2 Å². The van der Waals surface area contributed by atoms with Crippen molar-refractivity contribution in [2.24, 2.45) is 0 Å². The van der Waals surface area contributed by atoms with Crippen LogP contribution in [0.4, 0.5) is 14.5 Å². The van der Waals surface area contributed by atoms with Gasteiger partial charge in [-0.2, -0.15) is 0 Å². The number of carbonyl (C=O) groups is 1. The van der Waals surface area contributed by atoms with Crippen LogP contribution in [-0.2, 0) is 17.9 Å². The summed E-state index contributed by atoms with van der Waals surface area (Å²) >= 11 is 12.4. The van der Waals surface area contributed by atoms with E-state index in [0.29, 0.717) is 61.3 Å². The van der Waals surface area contributed by atoms with Gasteiger partial charge in [0.15, 0.2) is 0 Å². The van der Waals surface area contributed by atoms with Crippen molar-refractivity contribution in [3.05, 3.63) is 99.5 Å². The van der Waals surface area contributed by atoms with E-state index >= 15 is 0 Å². The maximum absolute atomic E-state index is 14.2. The molecule has 5 nitrogen and oxygen atoms in total. The highest BCUT2D eigenvalue weighted by Crippen LogP contribution is 2.28. The van der Waals surface area contributed by atoms with Crippen LogP contribution in [0.15, 0.2) is 66.7 Å². The first kappa shape index (κ1) is 26.9. The first-order valence-corrected chi connectivity index (χ1v) is 13.6. The molecule has 0 aromatic heterocycles. The average Bonchev–Trinajstić information content (AvgIpc) is 3.30. The molecule has 2 saturated heterocycles. The first-order chi connectivity index (χ1) is 18.4. The average molecular weight is 559 g/mol. The minimum atomic E-state index is -0.592. The molecule has 3 aromatic rings. The molecule has 2 heterocycles. The lowest BCUT2D eigenvalue weighted by Crippen LogP contribution is -2.53. The molecule has 2 aliphatic heterocycles. The molecule has 5 rings (SSSR count). The van der Waals surface area contributed by atoms with E-state index in [1.54, 1.807) is 6.07 Å². The predicted octanol–water partition coefficient (Wildman–Crippen LogP) is 5.35. The highest BCUT2D eigenvalue weighted by molar-refractivity contribution is 6.35. The second-order valence-corrected chi connectivity index (χ2v) is 10.8. The fourth-order valence-corrected chi connectivity index (χ4v) is 5.85. The maximum Gasteiger partial charge on any atom is 0.240 e. The number of nitrogens with one attached hydrogen (secondary N) is 1. The summed E-state index contributed by atoms with van der Waals surface area (Å²) in [5.41, 5.74) is 2.50. The van der Waals surface area contributed by atoms with Crippen LogP contribution in [0.2, 0.25) is 10.0 Å². The fourth-order valence-electron chi connectivity index (χ4n) is 5.34. The van der Waals surface area contributed by atoms with Gasteiger partial charge in [0.25, 0.3) is 0 Å². The van der Waals surface area contributed by atoms with E-state index in [0.717, 1.165) is 17.3 Å².